The molecule has 0 aromatic carbocycles. The summed E-state index contributed by atoms with van der Waals surface area (Å²) in [4.78, 5) is 12.6. The predicted octanol–water partition coefficient (Wildman–Crippen LogP) is 2.20. The summed E-state index contributed by atoms with van der Waals surface area (Å²) in [6.45, 7) is 2.79. The molecule has 1 N–H and O–H groups in total. The second-order valence-electron chi connectivity index (χ2n) is 6.66. The third kappa shape index (κ3) is 2.32. The van der Waals surface area contributed by atoms with Gasteiger partial charge in [0.1, 0.15) is 6.33 Å². The number of rotatable bonds is 4. The number of hydrogen-bond acceptors (Lipinski definition) is 4. The maximum atomic E-state index is 12.6. The van der Waals surface area contributed by atoms with E-state index in [9.17, 15) is 4.79 Å². The third-order valence-electron chi connectivity index (χ3n) is 5.55. The molecule has 4 rings (SSSR count). The lowest BCUT2D eigenvalue weighted by Gasteiger charge is -2.54. The van der Waals surface area contributed by atoms with Gasteiger partial charge in [0.15, 0.2) is 5.65 Å². The summed E-state index contributed by atoms with van der Waals surface area (Å²) < 4.78 is 7.68. The smallest absolute Gasteiger partial charge is 0.253 e. The molecule has 23 heavy (non-hydrogen) atoms. The number of pyridine rings is 1. The molecule has 2 saturated carbocycles. The highest BCUT2D eigenvalue weighted by atomic mass is 16.5. The van der Waals surface area contributed by atoms with Crippen LogP contribution in [0.2, 0.25) is 0 Å². The quantitative estimate of drug-likeness (QED) is 0.939. The second kappa shape index (κ2) is 5.60. The van der Waals surface area contributed by atoms with E-state index in [1.54, 1.807) is 23.0 Å². The van der Waals surface area contributed by atoms with Crippen LogP contribution in [0.3, 0.4) is 0 Å². The molecule has 2 fully saturated rings. The molecule has 2 aliphatic rings. The van der Waals surface area contributed by atoms with Crippen LogP contribution in [-0.4, -0.2) is 39.3 Å². The molecule has 2 aliphatic carbocycles. The van der Waals surface area contributed by atoms with E-state index in [4.69, 9.17) is 4.74 Å². The van der Waals surface area contributed by atoms with Crippen molar-refractivity contribution >= 4 is 11.6 Å². The zero-order valence-electron chi connectivity index (χ0n) is 13.4. The summed E-state index contributed by atoms with van der Waals surface area (Å²) in [6, 6.07) is 3.85. The summed E-state index contributed by atoms with van der Waals surface area (Å²) in [7, 11) is 0. The molecular weight excluding hydrogens is 292 g/mol. The fourth-order valence-electron chi connectivity index (χ4n) is 4.29. The lowest BCUT2D eigenvalue weighted by Crippen LogP contribution is -2.63. The van der Waals surface area contributed by atoms with Crippen LogP contribution in [0.5, 0.6) is 0 Å². The average Bonchev–Trinajstić information content (AvgIpc) is 3.23. The lowest BCUT2D eigenvalue weighted by molar-refractivity contribution is -0.127. The topological polar surface area (TPSA) is 68.5 Å². The molecule has 6 heteroatoms. The summed E-state index contributed by atoms with van der Waals surface area (Å²) >= 11 is 0. The van der Waals surface area contributed by atoms with E-state index < -0.39 is 0 Å². The SMILES string of the molecule is CCO[C@@H]1C[C@H](NC(=O)c2ccc3nncn3c2)C12CCCC2. The minimum atomic E-state index is -0.0215. The number of amides is 1. The first-order valence-corrected chi connectivity index (χ1v) is 8.45. The summed E-state index contributed by atoms with van der Waals surface area (Å²) in [6.07, 6.45) is 9.42. The number of ether oxygens (including phenoxy) is 1. The highest BCUT2D eigenvalue weighted by molar-refractivity contribution is 5.94. The van der Waals surface area contributed by atoms with Crippen LogP contribution in [-0.2, 0) is 4.74 Å². The molecule has 0 bridgehead atoms. The average molecular weight is 314 g/mol. The van der Waals surface area contributed by atoms with E-state index in [0.717, 1.165) is 31.5 Å². The molecule has 122 valence electrons. The fraction of sp³-hybridized carbons (Fsp3) is 0.588. The van der Waals surface area contributed by atoms with Crippen LogP contribution in [0.4, 0.5) is 0 Å². The van der Waals surface area contributed by atoms with Crippen molar-refractivity contribution in [3.63, 3.8) is 0 Å². The van der Waals surface area contributed by atoms with Gasteiger partial charge >= 0.3 is 0 Å². The Morgan fingerprint density at radius 2 is 2.26 bits per heavy atom. The van der Waals surface area contributed by atoms with Crippen molar-refractivity contribution < 1.29 is 9.53 Å². The van der Waals surface area contributed by atoms with Crippen molar-refractivity contribution in [2.24, 2.45) is 5.41 Å². The number of hydrogen-bond donors (Lipinski definition) is 1. The van der Waals surface area contributed by atoms with Crippen LogP contribution in [0.1, 0.15) is 49.4 Å². The van der Waals surface area contributed by atoms with Crippen molar-refractivity contribution in [1.82, 2.24) is 19.9 Å². The second-order valence-corrected chi connectivity index (χ2v) is 6.66. The highest BCUT2D eigenvalue weighted by Gasteiger charge is 2.57. The summed E-state index contributed by atoms with van der Waals surface area (Å²) in [5.74, 6) is -0.0215. The van der Waals surface area contributed by atoms with Gasteiger partial charge in [0.2, 0.25) is 0 Å². The molecular formula is C17H22N4O2. The fourth-order valence-corrected chi connectivity index (χ4v) is 4.29. The molecule has 6 nitrogen and oxygen atoms in total. The van der Waals surface area contributed by atoms with Gasteiger partial charge in [0.25, 0.3) is 5.91 Å². The summed E-state index contributed by atoms with van der Waals surface area (Å²) in [5, 5.41) is 11.0. The largest absolute Gasteiger partial charge is 0.378 e. The van der Waals surface area contributed by atoms with Gasteiger partial charge in [-0.15, -0.1) is 10.2 Å². The van der Waals surface area contributed by atoms with Crippen molar-refractivity contribution in [1.29, 1.82) is 0 Å². The highest BCUT2D eigenvalue weighted by Crippen LogP contribution is 2.54. The van der Waals surface area contributed by atoms with E-state index in [2.05, 4.69) is 15.5 Å². The van der Waals surface area contributed by atoms with E-state index in [0.29, 0.717) is 11.7 Å². The number of aromatic nitrogens is 3. The minimum absolute atomic E-state index is 0.0215. The Labute approximate surface area is 135 Å². The molecule has 2 atom stereocenters. The van der Waals surface area contributed by atoms with Gasteiger partial charge in [-0.25, -0.2) is 0 Å². The van der Waals surface area contributed by atoms with Gasteiger partial charge in [-0.1, -0.05) is 12.8 Å². The standard InChI is InChI=1S/C17H22N4O2/c1-2-23-14-9-13(17(14)7-3-4-8-17)19-16(22)12-5-6-15-20-18-11-21(15)10-12/h5-6,10-11,13-14H,2-4,7-9H2,1H3,(H,19,22)/t13-,14+/m0/s1. The molecule has 0 saturated heterocycles. The van der Waals surface area contributed by atoms with Gasteiger partial charge in [0.05, 0.1) is 11.7 Å². The van der Waals surface area contributed by atoms with Crippen LogP contribution >= 0.6 is 0 Å². The first kappa shape index (κ1) is 14.6. The number of nitrogens with one attached hydrogen (secondary N) is 1. The molecule has 1 amide bonds. The first-order valence-electron chi connectivity index (χ1n) is 8.45. The molecule has 1 spiro atoms. The Morgan fingerprint density at radius 3 is 3.04 bits per heavy atom. The molecule has 2 aromatic heterocycles. The van der Waals surface area contributed by atoms with E-state index >= 15 is 0 Å². The van der Waals surface area contributed by atoms with E-state index in [1.165, 1.54) is 12.8 Å². The zero-order chi connectivity index (χ0) is 15.9. The van der Waals surface area contributed by atoms with Crippen molar-refractivity contribution in [3.05, 3.63) is 30.2 Å². The number of nitrogens with zero attached hydrogens (tertiary/aromatic N) is 3. The van der Waals surface area contributed by atoms with Crippen LogP contribution in [0.25, 0.3) is 5.65 Å². The zero-order valence-corrected chi connectivity index (χ0v) is 13.4. The summed E-state index contributed by atoms with van der Waals surface area (Å²) in [5.41, 5.74) is 1.55. The van der Waals surface area contributed by atoms with Gasteiger partial charge in [-0.2, -0.15) is 0 Å². The first-order chi connectivity index (χ1) is 11.2. The molecule has 0 aliphatic heterocycles. The maximum Gasteiger partial charge on any atom is 0.253 e. The minimum Gasteiger partial charge on any atom is -0.378 e. The van der Waals surface area contributed by atoms with Gasteiger partial charge < -0.3 is 10.1 Å². The molecule has 2 heterocycles. The Hall–Kier alpha value is -1.95. The van der Waals surface area contributed by atoms with Crippen LogP contribution in [0.15, 0.2) is 24.7 Å². The van der Waals surface area contributed by atoms with Crippen LogP contribution < -0.4 is 5.32 Å². The Bertz CT molecular complexity index is 720. The van der Waals surface area contributed by atoms with Crippen LogP contribution in [0, 0.1) is 5.41 Å². The van der Waals surface area contributed by atoms with Gasteiger partial charge in [0, 0.05) is 24.3 Å². The Morgan fingerprint density at radius 1 is 1.43 bits per heavy atom. The molecule has 0 radical (unpaired) electrons. The van der Waals surface area contributed by atoms with Crippen molar-refractivity contribution in [3.8, 4) is 0 Å². The molecule has 2 aromatic rings. The third-order valence-corrected chi connectivity index (χ3v) is 5.55. The maximum absolute atomic E-state index is 12.6. The molecule has 0 unspecified atom stereocenters. The number of carbonyl (C=O) groups is 1. The lowest BCUT2D eigenvalue weighted by atomic mass is 9.60. The predicted molar refractivity (Wildman–Crippen MR) is 85.2 cm³/mol. The van der Waals surface area contributed by atoms with E-state index in [1.807, 2.05) is 13.0 Å². The Balaban J connectivity index is 1.50. The number of carbonyl (C=O) groups excluding carboxylic acids is 1. The van der Waals surface area contributed by atoms with E-state index in [-0.39, 0.29) is 17.4 Å². The van der Waals surface area contributed by atoms with Crippen molar-refractivity contribution in [2.45, 2.75) is 51.2 Å². The van der Waals surface area contributed by atoms with Crippen molar-refractivity contribution in [2.75, 3.05) is 6.61 Å². The monoisotopic (exact) mass is 314 g/mol. The number of fused-ring (bicyclic) bond motifs is 1. The van der Waals surface area contributed by atoms with Gasteiger partial charge in [-0.3, -0.25) is 9.20 Å². The normalized spacial score (nSPS) is 25.6. The van der Waals surface area contributed by atoms with Gasteiger partial charge in [-0.05, 0) is 38.3 Å². The Kier molecular flexibility index (Phi) is 3.56.